The predicted molar refractivity (Wildman–Crippen MR) is 318 cm³/mol. The lowest BCUT2D eigenvalue weighted by atomic mass is 10.0. The van der Waals surface area contributed by atoms with Crippen molar-refractivity contribution in [3.63, 3.8) is 0 Å². The first kappa shape index (κ1) is 71.7. The lowest BCUT2D eigenvalue weighted by Crippen LogP contribution is -2.45. The molecule has 0 aliphatic heterocycles. The second-order valence-electron chi connectivity index (χ2n) is 23.1. The maximum Gasteiger partial charge on any atom is 0.472 e. The number of carbonyl (C=O) groups excluding carboxylic acids is 1. The molecule has 0 rings (SSSR count). The largest absolute Gasteiger partial charge is 0.472 e. The number of nitrogens with one attached hydrogen (secondary N) is 1. The van der Waals surface area contributed by atoms with E-state index in [2.05, 4.69) is 43.5 Å². The van der Waals surface area contributed by atoms with Crippen LogP contribution in [0.4, 0.5) is 0 Å². The minimum absolute atomic E-state index is 0.0552. The van der Waals surface area contributed by atoms with Gasteiger partial charge < -0.3 is 19.8 Å². The third kappa shape index (κ3) is 58.2. The molecule has 9 heteroatoms. The summed E-state index contributed by atoms with van der Waals surface area (Å²) in [6.07, 6.45) is 72.8. The molecule has 0 aliphatic carbocycles. The molecular weight excluding hydrogens is 924 g/mol. The minimum Gasteiger partial charge on any atom is -0.387 e. The molecule has 0 spiro atoms. The molecule has 0 aromatic carbocycles. The van der Waals surface area contributed by atoms with Crippen molar-refractivity contribution in [3.05, 3.63) is 36.5 Å². The molecule has 0 aromatic rings. The molecule has 0 radical (unpaired) electrons. The van der Waals surface area contributed by atoms with Crippen LogP contribution in [0.25, 0.3) is 0 Å². The molecule has 0 fully saturated rings. The van der Waals surface area contributed by atoms with E-state index in [1.165, 1.54) is 250 Å². The lowest BCUT2D eigenvalue weighted by Gasteiger charge is -2.25. The minimum atomic E-state index is -4.36. The molecule has 0 aromatic heterocycles. The van der Waals surface area contributed by atoms with Crippen LogP contribution >= 0.6 is 7.82 Å². The molecule has 0 bridgehead atoms. The van der Waals surface area contributed by atoms with E-state index in [0.29, 0.717) is 17.4 Å². The van der Waals surface area contributed by atoms with Crippen molar-refractivity contribution in [2.24, 2.45) is 0 Å². The Labute approximate surface area is 455 Å². The van der Waals surface area contributed by atoms with E-state index in [9.17, 15) is 19.4 Å². The third-order valence-electron chi connectivity index (χ3n) is 14.6. The standard InChI is InChI=1S/C64H125N2O6P/c1-6-8-10-12-14-16-18-20-22-24-26-27-28-29-30-31-32-33-34-35-36-37-38-40-41-43-45-47-49-51-53-55-57-63(67)62(61-72-73(69,70)71-60-59-66(3,4)5)65-64(68)58-56-54-52-50-48-46-44-42-39-25-23-21-19-17-15-13-11-9-7-2/h40-41,47,49,55,57,62-63,67H,6-39,42-46,48,50-54,56,58-61H2,1-5H3,(H-,65,68,69,70)/p+1/b41-40+,49-47+,57-55+. The smallest absolute Gasteiger partial charge is 0.387 e. The summed E-state index contributed by atoms with van der Waals surface area (Å²) < 4.78 is 23.7. The van der Waals surface area contributed by atoms with E-state index >= 15 is 0 Å². The summed E-state index contributed by atoms with van der Waals surface area (Å²) in [5.41, 5.74) is 0. The van der Waals surface area contributed by atoms with Gasteiger partial charge in [-0.1, -0.05) is 301 Å². The molecule has 3 atom stereocenters. The number of hydrogen-bond acceptors (Lipinski definition) is 5. The highest BCUT2D eigenvalue weighted by atomic mass is 31.2. The van der Waals surface area contributed by atoms with Crippen LogP contribution < -0.4 is 5.32 Å². The van der Waals surface area contributed by atoms with Crippen molar-refractivity contribution in [3.8, 4) is 0 Å². The first-order chi connectivity index (χ1) is 35.5. The number of aliphatic hydroxyl groups excluding tert-OH is 1. The number of rotatable bonds is 59. The lowest BCUT2D eigenvalue weighted by molar-refractivity contribution is -0.870. The van der Waals surface area contributed by atoms with Gasteiger partial charge in [0.1, 0.15) is 13.2 Å². The number of unbranched alkanes of at least 4 members (excludes halogenated alkanes) is 42. The number of hydrogen-bond donors (Lipinski definition) is 3. The zero-order valence-electron chi connectivity index (χ0n) is 49.4. The second kappa shape index (κ2) is 55.5. The van der Waals surface area contributed by atoms with Crippen molar-refractivity contribution >= 4 is 13.7 Å². The molecule has 0 saturated carbocycles. The van der Waals surface area contributed by atoms with E-state index in [1.807, 2.05) is 27.2 Å². The fourth-order valence-electron chi connectivity index (χ4n) is 9.61. The maximum absolute atomic E-state index is 13.0. The Kier molecular flexibility index (Phi) is 54.5. The van der Waals surface area contributed by atoms with Crippen LogP contribution in [0, 0.1) is 0 Å². The molecule has 0 heterocycles. The van der Waals surface area contributed by atoms with E-state index in [1.54, 1.807) is 6.08 Å². The van der Waals surface area contributed by atoms with E-state index < -0.39 is 20.0 Å². The van der Waals surface area contributed by atoms with Gasteiger partial charge in [0.2, 0.25) is 5.91 Å². The Balaban J connectivity index is 4.15. The molecule has 3 N–H and O–H groups in total. The molecule has 1 amide bonds. The molecule has 0 aliphatic rings. The van der Waals surface area contributed by atoms with Gasteiger partial charge in [0.15, 0.2) is 0 Å². The van der Waals surface area contributed by atoms with Crippen LogP contribution in [0.3, 0.4) is 0 Å². The van der Waals surface area contributed by atoms with E-state index in [-0.39, 0.29) is 19.1 Å². The summed E-state index contributed by atoms with van der Waals surface area (Å²) in [7, 11) is 1.56. The summed E-state index contributed by atoms with van der Waals surface area (Å²) in [5.74, 6) is -0.185. The molecular formula is C64H126N2O6P+. The van der Waals surface area contributed by atoms with Gasteiger partial charge in [-0.2, -0.15) is 0 Å². The Morgan fingerprint density at radius 3 is 1.10 bits per heavy atom. The number of phosphoric acid groups is 1. The molecule has 73 heavy (non-hydrogen) atoms. The highest BCUT2D eigenvalue weighted by Crippen LogP contribution is 2.43. The molecule has 0 saturated heterocycles. The SMILES string of the molecule is CCCCCCCCCCCCCCCCCCCCCCCC/C=C/CC/C=C/CC/C=C/C(O)C(COP(=O)(O)OCC[N+](C)(C)C)NC(=O)CCCCCCCCCCCCCCCCCCCCC. The molecule has 3 unspecified atom stereocenters. The van der Waals surface area contributed by atoms with E-state index in [0.717, 1.165) is 44.9 Å². The van der Waals surface area contributed by atoms with Gasteiger partial charge in [-0.3, -0.25) is 13.8 Å². The van der Waals surface area contributed by atoms with Crippen molar-refractivity contribution in [1.29, 1.82) is 0 Å². The summed E-state index contributed by atoms with van der Waals surface area (Å²) in [6.45, 7) is 4.83. The fourth-order valence-corrected chi connectivity index (χ4v) is 10.3. The fraction of sp³-hybridized carbons (Fsp3) is 0.891. The van der Waals surface area contributed by atoms with Crippen molar-refractivity contribution in [2.75, 3.05) is 40.9 Å². The number of aliphatic hydroxyl groups is 1. The van der Waals surface area contributed by atoms with Gasteiger partial charge in [-0.25, -0.2) is 4.57 Å². The monoisotopic (exact) mass is 1050 g/mol. The number of phosphoric ester groups is 1. The number of carbonyl (C=O) groups is 1. The maximum atomic E-state index is 13.0. The zero-order chi connectivity index (χ0) is 53.5. The Morgan fingerprint density at radius 2 is 0.753 bits per heavy atom. The summed E-state index contributed by atoms with van der Waals surface area (Å²) in [6, 6.07) is -0.868. The number of allylic oxidation sites excluding steroid dienone is 5. The number of nitrogens with zero attached hydrogens (tertiary/aromatic N) is 1. The second-order valence-corrected chi connectivity index (χ2v) is 24.6. The summed E-state index contributed by atoms with van der Waals surface area (Å²) in [5, 5.41) is 13.9. The van der Waals surface area contributed by atoms with Crippen LogP contribution in [0.5, 0.6) is 0 Å². The van der Waals surface area contributed by atoms with Crippen LogP contribution in [0.15, 0.2) is 36.5 Å². The van der Waals surface area contributed by atoms with Gasteiger partial charge in [-0.15, -0.1) is 0 Å². The van der Waals surface area contributed by atoms with Crippen LogP contribution in [0.1, 0.15) is 316 Å². The molecule has 432 valence electrons. The number of amides is 1. The van der Waals surface area contributed by atoms with Gasteiger partial charge >= 0.3 is 7.82 Å². The van der Waals surface area contributed by atoms with Gasteiger partial charge in [0.25, 0.3) is 0 Å². The van der Waals surface area contributed by atoms with Crippen LogP contribution in [0.2, 0.25) is 0 Å². The highest BCUT2D eigenvalue weighted by molar-refractivity contribution is 7.47. The summed E-state index contributed by atoms with van der Waals surface area (Å²) >= 11 is 0. The van der Waals surface area contributed by atoms with Gasteiger partial charge in [-0.05, 0) is 44.9 Å². The van der Waals surface area contributed by atoms with Crippen molar-refractivity contribution < 1.29 is 32.9 Å². The summed E-state index contributed by atoms with van der Waals surface area (Å²) in [4.78, 5) is 23.3. The number of quaternary nitrogens is 1. The average Bonchev–Trinajstić information content (AvgIpc) is 3.35. The first-order valence-corrected chi connectivity index (χ1v) is 33.4. The number of likely N-dealkylation sites (N-methyl/N-ethyl adjacent to an activating group) is 1. The highest BCUT2D eigenvalue weighted by Gasteiger charge is 2.27. The Bertz CT molecular complexity index is 1280. The van der Waals surface area contributed by atoms with Gasteiger partial charge in [0.05, 0.1) is 39.9 Å². The Hall–Kier alpha value is -1.28. The quantitative estimate of drug-likeness (QED) is 0.0243. The average molecular weight is 1050 g/mol. The van der Waals surface area contributed by atoms with Crippen molar-refractivity contribution in [2.45, 2.75) is 328 Å². The third-order valence-corrected chi connectivity index (χ3v) is 15.6. The predicted octanol–water partition coefficient (Wildman–Crippen LogP) is 19.7. The van der Waals surface area contributed by atoms with Crippen molar-refractivity contribution in [1.82, 2.24) is 5.32 Å². The normalized spacial score (nSPS) is 14.0. The van der Waals surface area contributed by atoms with Crippen LogP contribution in [-0.4, -0.2) is 73.4 Å². The molecule has 8 nitrogen and oxygen atoms in total. The zero-order valence-corrected chi connectivity index (χ0v) is 50.3. The van der Waals surface area contributed by atoms with Crippen LogP contribution in [-0.2, 0) is 18.4 Å². The van der Waals surface area contributed by atoms with E-state index in [4.69, 9.17) is 9.05 Å². The topological polar surface area (TPSA) is 105 Å². The first-order valence-electron chi connectivity index (χ1n) is 31.9. The Morgan fingerprint density at radius 1 is 0.452 bits per heavy atom. The van der Waals surface area contributed by atoms with Gasteiger partial charge in [0, 0.05) is 6.42 Å².